The molecule has 1 saturated carbocycles. The summed E-state index contributed by atoms with van der Waals surface area (Å²) in [7, 11) is 5.08. The number of carbonyl (C=O) groups excluding carboxylic acids is 2. The molecule has 1 aliphatic rings. The predicted octanol–water partition coefficient (Wildman–Crippen LogP) is 2.33. The van der Waals surface area contributed by atoms with Crippen LogP contribution in [0.4, 0.5) is 21.7 Å². The third-order valence-corrected chi connectivity index (χ3v) is 6.19. The number of nitrogens with two attached hydrogens (primary N) is 2. The van der Waals surface area contributed by atoms with Crippen molar-refractivity contribution in [2.45, 2.75) is 37.8 Å². The molecule has 6 N–H and O–H groups in total. The first-order valence-corrected chi connectivity index (χ1v) is 11.1. The third-order valence-electron chi connectivity index (χ3n) is 6.19. The van der Waals surface area contributed by atoms with E-state index in [1.54, 1.807) is 44.0 Å². The zero-order valence-corrected chi connectivity index (χ0v) is 19.4. The van der Waals surface area contributed by atoms with E-state index in [1.165, 1.54) is 4.90 Å². The van der Waals surface area contributed by atoms with Crippen LogP contribution in [0.3, 0.4) is 0 Å². The van der Waals surface area contributed by atoms with Gasteiger partial charge in [-0.15, -0.1) is 0 Å². The highest BCUT2D eigenvalue weighted by molar-refractivity contribution is 6.03. The minimum Gasteiger partial charge on any atom is -0.365 e. The fourth-order valence-electron chi connectivity index (χ4n) is 4.28. The van der Waals surface area contributed by atoms with E-state index in [0.29, 0.717) is 22.4 Å². The van der Waals surface area contributed by atoms with Gasteiger partial charge in [-0.3, -0.25) is 9.59 Å². The molecule has 11 heteroatoms. The number of amides is 2. The third kappa shape index (κ3) is 4.38. The minimum absolute atomic E-state index is 0.00307. The lowest BCUT2D eigenvalue weighted by atomic mass is 9.91. The van der Waals surface area contributed by atoms with Crippen molar-refractivity contribution >= 4 is 40.2 Å². The molecular formula is C23H29FN8O2. The Hall–Kier alpha value is -3.73. The van der Waals surface area contributed by atoms with Gasteiger partial charge in [0.15, 0.2) is 11.6 Å². The van der Waals surface area contributed by atoms with Gasteiger partial charge in [-0.2, -0.15) is 0 Å². The molecule has 0 aromatic carbocycles. The maximum Gasteiger partial charge on any atom is 0.270 e. The van der Waals surface area contributed by atoms with Gasteiger partial charge in [0.1, 0.15) is 17.2 Å². The number of fused-ring (bicyclic) bond motifs is 1. The smallest absolute Gasteiger partial charge is 0.270 e. The molecule has 0 saturated heterocycles. The van der Waals surface area contributed by atoms with E-state index in [9.17, 15) is 14.0 Å². The Morgan fingerprint density at radius 3 is 2.62 bits per heavy atom. The maximum absolute atomic E-state index is 14.8. The molecule has 0 radical (unpaired) electrons. The summed E-state index contributed by atoms with van der Waals surface area (Å²) in [6.45, 7) is 0. The number of primary amides is 1. The Morgan fingerprint density at radius 1 is 1.21 bits per heavy atom. The first kappa shape index (κ1) is 23.4. The summed E-state index contributed by atoms with van der Waals surface area (Å²) >= 11 is 0. The summed E-state index contributed by atoms with van der Waals surface area (Å²) < 4.78 is 16.5. The second-order valence-corrected chi connectivity index (χ2v) is 8.79. The van der Waals surface area contributed by atoms with Crippen LogP contribution in [-0.4, -0.2) is 57.4 Å². The molecule has 0 unspecified atom stereocenters. The summed E-state index contributed by atoms with van der Waals surface area (Å²) in [6.07, 6.45) is 5.26. The highest BCUT2D eigenvalue weighted by atomic mass is 19.1. The number of hydrogen-bond donors (Lipinski definition) is 4. The van der Waals surface area contributed by atoms with Gasteiger partial charge < -0.3 is 31.6 Å². The summed E-state index contributed by atoms with van der Waals surface area (Å²) in [5.41, 5.74) is 13.2. The number of halogens is 1. The summed E-state index contributed by atoms with van der Waals surface area (Å²) in [4.78, 5) is 34.9. The van der Waals surface area contributed by atoms with E-state index in [0.717, 1.165) is 31.7 Å². The quantitative estimate of drug-likeness (QED) is 0.435. The molecule has 2 amide bonds. The molecule has 2 atom stereocenters. The molecule has 3 aromatic heterocycles. The number of nitrogens with one attached hydrogen (secondary N) is 2. The average Bonchev–Trinajstić information content (AvgIpc) is 3.14. The SMILES string of the molecule is CN(C)C(=O)c1cc2c(Nc3nc(N[C@@H]4CCCC[C@@H]4N)c(F)cc3C(N)=O)ccnc2n1C. The lowest BCUT2D eigenvalue weighted by molar-refractivity contribution is 0.0818. The zero-order valence-electron chi connectivity index (χ0n) is 19.4. The summed E-state index contributed by atoms with van der Waals surface area (Å²) in [5, 5.41) is 6.83. The monoisotopic (exact) mass is 468 g/mol. The Kier molecular flexibility index (Phi) is 6.38. The maximum atomic E-state index is 14.8. The van der Waals surface area contributed by atoms with Crippen molar-refractivity contribution in [3.63, 3.8) is 0 Å². The van der Waals surface area contributed by atoms with Gasteiger partial charge in [-0.25, -0.2) is 14.4 Å². The van der Waals surface area contributed by atoms with Crippen LogP contribution in [0.2, 0.25) is 0 Å². The molecule has 1 fully saturated rings. The fraction of sp³-hybridized carbons (Fsp3) is 0.391. The van der Waals surface area contributed by atoms with E-state index in [1.807, 2.05) is 0 Å². The fourth-order valence-corrected chi connectivity index (χ4v) is 4.28. The number of anilines is 3. The molecule has 3 heterocycles. The highest BCUT2D eigenvalue weighted by Gasteiger charge is 2.25. The minimum atomic E-state index is -0.823. The zero-order chi connectivity index (χ0) is 24.6. The van der Waals surface area contributed by atoms with Gasteiger partial charge in [0.2, 0.25) is 0 Å². The number of nitrogens with zero attached hydrogens (tertiary/aromatic N) is 4. The average molecular weight is 469 g/mol. The van der Waals surface area contributed by atoms with Crippen molar-refractivity contribution in [3.05, 3.63) is 41.5 Å². The van der Waals surface area contributed by atoms with Gasteiger partial charge in [-0.1, -0.05) is 12.8 Å². The molecule has 4 rings (SSSR count). The van der Waals surface area contributed by atoms with Crippen molar-refractivity contribution in [1.82, 2.24) is 19.4 Å². The van der Waals surface area contributed by atoms with Crippen molar-refractivity contribution < 1.29 is 14.0 Å². The van der Waals surface area contributed by atoms with Gasteiger partial charge in [0.05, 0.1) is 11.3 Å². The summed E-state index contributed by atoms with van der Waals surface area (Å²) in [5.74, 6) is -1.60. The second-order valence-electron chi connectivity index (χ2n) is 8.79. The van der Waals surface area contributed by atoms with Crippen molar-refractivity contribution in [2.75, 3.05) is 24.7 Å². The Balaban J connectivity index is 1.75. The largest absolute Gasteiger partial charge is 0.365 e. The number of aromatic nitrogens is 3. The molecule has 0 spiro atoms. The molecule has 1 aliphatic carbocycles. The molecular weight excluding hydrogens is 439 g/mol. The highest BCUT2D eigenvalue weighted by Crippen LogP contribution is 2.31. The van der Waals surface area contributed by atoms with Crippen LogP contribution in [0.25, 0.3) is 11.0 Å². The molecule has 0 aliphatic heterocycles. The van der Waals surface area contributed by atoms with E-state index >= 15 is 0 Å². The van der Waals surface area contributed by atoms with Gasteiger partial charge in [-0.05, 0) is 31.0 Å². The van der Waals surface area contributed by atoms with E-state index < -0.39 is 11.7 Å². The van der Waals surface area contributed by atoms with Crippen molar-refractivity contribution in [2.24, 2.45) is 18.5 Å². The number of aryl methyl sites for hydroxylation is 1. The van der Waals surface area contributed by atoms with Crippen LogP contribution in [-0.2, 0) is 7.05 Å². The van der Waals surface area contributed by atoms with Crippen molar-refractivity contribution in [3.8, 4) is 0 Å². The number of pyridine rings is 2. The molecule has 34 heavy (non-hydrogen) atoms. The van der Waals surface area contributed by atoms with Crippen LogP contribution in [0.1, 0.15) is 46.5 Å². The lowest BCUT2D eigenvalue weighted by Gasteiger charge is -2.30. The van der Waals surface area contributed by atoms with E-state index in [2.05, 4.69) is 20.6 Å². The number of hydrogen-bond acceptors (Lipinski definition) is 7. The van der Waals surface area contributed by atoms with Crippen LogP contribution in [0.5, 0.6) is 0 Å². The number of rotatable bonds is 6. The summed E-state index contributed by atoms with van der Waals surface area (Å²) in [6, 6.07) is 4.23. The molecule has 0 bridgehead atoms. The molecule has 10 nitrogen and oxygen atoms in total. The lowest BCUT2D eigenvalue weighted by Crippen LogP contribution is -2.43. The second kappa shape index (κ2) is 9.26. The predicted molar refractivity (Wildman–Crippen MR) is 129 cm³/mol. The first-order valence-electron chi connectivity index (χ1n) is 11.1. The molecule has 180 valence electrons. The van der Waals surface area contributed by atoms with E-state index in [4.69, 9.17) is 11.5 Å². The standard InChI is InChI=1S/C23H29FN8O2/c1-31(2)23(34)18-11-12-16(8-9-27-22(12)32(18)3)28-20-13(19(26)33)10-14(24)21(30-20)29-17-7-5-4-6-15(17)25/h8-11,15,17H,4-7,25H2,1-3H3,(H2,26,33)(H2,27,28,29,30)/t15-,17+/m0/s1. The normalized spacial score (nSPS) is 18.0. The molecule has 3 aromatic rings. The van der Waals surface area contributed by atoms with E-state index in [-0.39, 0.29) is 35.2 Å². The van der Waals surface area contributed by atoms with Crippen LogP contribution in [0, 0.1) is 5.82 Å². The Labute approximate surface area is 196 Å². The number of carbonyl (C=O) groups is 2. The Bertz CT molecular complexity index is 1260. The van der Waals surface area contributed by atoms with Crippen LogP contribution in [0.15, 0.2) is 24.4 Å². The first-order chi connectivity index (χ1) is 16.2. The Morgan fingerprint density at radius 2 is 1.94 bits per heavy atom. The van der Waals surface area contributed by atoms with Crippen LogP contribution < -0.4 is 22.1 Å². The van der Waals surface area contributed by atoms with Gasteiger partial charge >= 0.3 is 0 Å². The van der Waals surface area contributed by atoms with Gasteiger partial charge in [0.25, 0.3) is 11.8 Å². The van der Waals surface area contributed by atoms with Gasteiger partial charge in [0, 0.05) is 44.8 Å². The van der Waals surface area contributed by atoms with Crippen LogP contribution >= 0.6 is 0 Å². The van der Waals surface area contributed by atoms with Crippen molar-refractivity contribution in [1.29, 1.82) is 0 Å². The topological polar surface area (TPSA) is 144 Å².